The third-order valence-electron chi connectivity index (χ3n) is 5.10. The van der Waals surface area contributed by atoms with Crippen molar-refractivity contribution >= 4 is 29.0 Å². The number of aryl methyl sites for hydroxylation is 1. The van der Waals surface area contributed by atoms with E-state index in [1.54, 1.807) is 24.3 Å². The fraction of sp³-hybridized carbons (Fsp3) is 0.261. The molecule has 1 aromatic heterocycles. The number of nitrogens with one attached hydrogen (secondary N) is 2. The van der Waals surface area contributed by atoms with Crippen LogP contribution in [0.15, 0.2) is 48.5 Å². The zero-order chi connectivity index (χ0) is 21.8. The van der Waals surface area contributed by atoms with Gasteiger partial charge in [0.05, 0.1) is 5.56 Å². The van der Waals surface area contributed by atoms with Crippen LogP contribution >= 0.6 is 0 Å². The van der Waals surface area contributed by atoms with Crippen LogP contribution in [0, 0.1) is 18.6 Å². The molecule has 3 aromatic rings. The Balaban J connectivity index is 1.44. The number of amides is 1. The number of hydrogen-bond donors (Lipinski definition) is 2. The van der Waals surface area contributed by atoms with Gasteiger partial charge in [-0.15, -0.1) is 0 Å². The summed E-state index contributed by atoms with van der Waals surface area (Å²) >= 11 is 0. The molecule has 2 aromatic carbocycles. The SMILES string of the molecule is Cc1cc(N2CCCCC2)nc(Nc2ccc(NC(=O)c3ccc(F)cc3F)cc2)n1. The molecule has 2 heterocycles. The van der Waals surface area contributed by atoms with Gasteiger partial charge in [0.2, 0.25) is 5.95 Å². The Morgan fingerprint density at radius 2 is 1.65 bits per heavy atom. The lowest BCUT2D eigenvalue weighted by Crippen LogP contribution is -2.30. The summed E-state index contributed by atoms with van der Waals surface area (Å²) in [7, 11) is 0. The standard InChI is InChI=1S/C23H23F2N5O/c1-15-13-21(30-11-3-2-4-12-30)29-23(26-15)28-18-8-6-17(7-9-18)27-22(31)19-10-5-16(24)14-20(19)25/h5-10,13-14H,2-4,11-12H2,1H3,(H,27,31)(H,26,28,29). The molecule has 1 saturated heterocycles. The highest BCUT2D eigenvalue weighted by Gasteiger charge is 2.15. The lowest BCUT2D eigenvalue weighted by molar-refractivity contribution is 0.102. The van der Waals surface area contributed by atoms with Gasteiger partial charge in [0.15, 0.2) is 0 Å². The van der Waals surface area contributed by atoms with Gasteiger partial charge in [-0.1, -0.05) is 0 Å². The van der Waals surface area contributed by atoms with Crippen molar-refractivity contribution in [1.82, 2.24) is 9.97 Å². The van der Waals surface area contributed by atoms with E-state index in [4.69, 9.17) is 0 Å². The smallest absolute Gasteiger partial charge is 0.258 e. The van der Waals surface area contributed by atoms with Gasteiger partial charge in [-0.25, -0.2) is 13.8 Å². The molecule has 6 nitrogen and oxygen atoms in total. The van der Waals surface area contributed by atoms with Gasteiger partial charge in [-0.2, -0.15) is 4.98 Å². The number of anilines is 4. The molecule has 0 bridgehead atoms. The first-order valence-electron chi connectivity index (χ1n) is 10.2. The van der Waals surface area contributed by atoms with Gasteiger partial charge >= 0.3 is 0 Å². The monoisotopic (exact) mass is 423 g/mol. The van der Waals surface area contributed by atoms with E-state index in [1.807, 2.05) is 13.0 Å². The van der Waals surface area contributed by atoms with Crippen molar-refractivity contribution in [3.05, 3.63) is 71.4 Å². The second-order valence-corrected chi connectivity index (χ2v) is 7.52. The molecule has 1 aliphatic rings. The number of carbonyl (C=O) groups excluding carboxylic acids is 1. The summed E-state index contributed by atoms with van der Waals surface area (Å²) in [5.41, 5.74) is 1.89. The van der Waals surface area contributed by atoms with Crippen molar-refractivity contribution in [2.45, 2.75) is 26.2 Å². The summed E-state index contributed by atoms with van der Waals surface area (Å²) < 4.78 is 26.8. The number of halogens is 2. The zero-order valence-corrected chi connectivity index (χ0v) is 17.2. The number of nitrogens with zero attached hydrogens (tertiary/aromatic N) is 3. The van der Waals surface area contributed by atoms with E-state index in [0.29, 0.717) is 17.7 Å². The van der Waals surface area contributed by atoms with Gasteiger partial charge in [-0.05, 0) is 62.6 Å². The van der Waals surface area contributed by atoms with Crippen molar-refractivity contribution in [2.75, 3.05) is 28.6 Å². The molecule has 31 heavy (non-hydrogen) atoms. The third kappa shape index (κ3) is 5.14. The Hall–Kier alpha value is -3.55. The van der Waals surface area contributed by atoms with E-state index in [9.17, 15) is 13.6 Å². The summed E-state index contributed by atoms with van der Waals surface area (Å²) in [6.45, 7) is 3.94. The van der Waals surface area contributed by atoms with Crippen LogP contribution in [0.25, 0.3) is 0 Å². The van der Waals surface area contributed by atoms with Crippen molar-refractivity contribution in [3.63, 3.8) is 0 Å². The summed E-state index contributed by atoms with van der Waals surface area (Å²) in [6, 6.07) is 11.7. The predicted molar refractivity (Wildman–Crippen MR) is 117 cm³/mol. The molecule has 0 aliphatic carbocycles. The van der Waals surface area contributed by atoms with E-state index < -0.39 is 17.5 Å². The summed E-state index contributed by atoms with van der Waals surface area (Å²) in [6.07, 6.45) is 3.59. The quantitative estimate of drug-likeness (QED) is 0.601. The highest BCUT2D eigenvalue weighted by atomic mass is 19.1. The highest BCUT2D eigenvalue weighted by Crippen LogP contribution is 2.22. The number of aromatic nitrogens is 2. The van der Waals surface area contributed by atoms with Gasteiger partial charge in [0.1, 0.15) is 17.5 Å². The van der Waals surface area contributed by atoms with Crippen molar-refractivity contribution in [2.24, 2.45) is 0 Å². The van der Waals surface area contributed by atoms with E-state index >= 15 is 0 Å². The minimum absolute atomic E-state index is 0.220. The first-order valence-corrected chi connectivity index (χ1v) is 10.2. The van der Waals surface area contributed by atoms with Gasteiger partial charge in [0.25, 0.3) is 5.91 Å². The zero-order valence-electron chi connectivity index (χ0n) is 17.2. The topological polar surface area (TPSA) is 70.2 Å². The maximum Gasteiger partial charge on any atom is 0.258 e. The molecule has 160 valence electrons. The van der Waals surface area contributed by atoms with Crippen molar-refractivity contribution < 1.29 is 13.6 Å². The van der Waals surface area contributed by atoms with Crippen LogP contribution in [-0.4, -0.2) is 29.0 Å². The molecule has 1 amide bonds. The molecule has 4 rings (SSSR count). The van der Waals surface area contributed by atoms with Crippen molar-refractivity contribution in [1.29, 1.82) is 0 Å². The Morgan fingerprint density at radius 3 is 2.35 bits per heavy atom. The minimum Gasteiger partial charge on any atom is -0.356 e. The summed E-state index contributed by atoms with van der Waals surface area (Å²) in [5.74, 6) is -0.861. The third-order valence-corrected chi connectivity index (χ3v) is 5.10. The average Bonchev–Trinajstić information content (AvgIpc) is 2.75. The predicted octanol–water partition coefficient (Wildman–Crippen LogP) is 5.05. The fourth-order valence-corrected chi connectivity index (χ4v) is 3.53. The Morgan fingerprint density at radius 1 is 0.935 bits per heavy atom. The molecule has 1 fully saturated rings. The van der Waals surface area contributed by atoms with Crippen LogP contribution in [0.4, 0.5) is 31.9 Å². The number of hydrogen-bond acceptors (Lipinski definition) is 5. The molecule has 2 N–H and O–H groups in total. The lowest BCUT2D eigenvalue weighted by Gasteiger charge is -2.28. The van der Waals surface area contributed by atoms with Crippen LogP contribution in [0.3, 0.4) is 0 Å². The van der Waals surface area contributed by atoms with Crippen LogP contribution in [0.2, 0.25) is 0 Å². The second-order valence-electron chi connectivity index (χ2n) is 7.52. The molecule has 0 spiro atoms. The summed E-state index contributed by atoms with van der Waals surface area (Å²) in [5, 5.41) is 5.79. The molecule has 0 radical (unpaired) electrons. The summed E-state index contributed by atoms with van der Waals surface area (Å²) in [4.78, 5) is 23.6. The maximum atomic E-state index is 13.8. The van der Waals surface area contributed by atoms with Gasteiger partial charge in [0, 0.05) is 42.3 Å². The number of rotatable bonds is 5. The Kier molecular flexibility index (Phi) is 6.06. The van der Waals surface area contributed by atoms with Crippen LogP contribution < -0.4 is 15.5 Å². The first kappa shape index (κ1) is 20.7. The van der Waals surface area contributed by atoms with Crippen LogP contribution in [0.1, 0.15) is 35.3 Å². The first-order chi connectivity index (χ1) is 15.0. The highest BCUT2D eigenvalue weighted by molar-refractivity contribution is 6.04. The largest absolute Gasteiger partial charge is 0.356 e. The van der Waals surface area contributed by atoms with Crippen LogP contribution in [-0.2, 0) is 0 Å². The Bertz CT molecular complexity index is 1080. The van der Waals surface area contributed by atoms with Crippen LogP contribution in [0.5, 0.6) is 0 Å². The molecule has 1 aliphatic heterocycles. The molecular formula is C23H23F2N5O. The number of benzene rings is 2. The minimum atomic E-state index is -0.906. The van der Waals surface area contributed by atoms with E-state index in [0.717, 1.165) is 42.4 Å². The van der Waals surface area contributed by atoms with Gasteiger partial charge in [-0.3, -0.25) is 4.79 Å². The molecule has 0 saturated carbocycles. The van der Waals surface area contributed by atoms with E-state index in [1.165, 1.54) is 19.3 Å². The van der Waals surface area contributed by atoms with Crippen molar-refractivity contribution in [3.8, 4) is 0 Å². The lowest BCUT2D eigenvalue weighted by atomic mass is 10.1. The average molecular weight is 423 g/mol. The van der Waals surface area contributed by atoms with Gasteiger partial charge < -0.3 is 15.5 Å². The second kappa shape index (κ2) is 9.07. The molecular weight excluding hydrogens is 400 g/mol. The number of piperidine rings is 1. The Labute approximate surface area is 179 Å². The normalized spacial score (nSPS) is 13.7. The fourth-order valence-electron chi connectivity index (χ4n) is 3.53. The maximum absolute atomic E-state index is 13.8. The molecule has 0 unspecified atom stereocenters. The number of carbonyl (C=O) groups is 1. The van der Waals surface area contributed by atoms with E-state index in [2.05, 4.69) is 25.5 Å². The van der Waals surface area contributed by atoms with E-state index in [-0.39, 0.29) is 5.56 Å². The molecule has 0 atom stereocenters. The molecule has 8 heteroatoms.